The van der Waals surface area contributed by atoms with Gasteiger partial charge in [0.2, 0.25) is 0 Å². The summed E-state index contributed by atoms with van der Waals surface area (Å²) in [5, 5.41) is 10.0. The van der Waals surface area contributed by atoms with Crippen LogP contribution in [0.15, 0.2) is 206 Å². The van der Waals surface area contributed by atoms with Gasteiger partial charge in [0.15, 0.2) is 0 Å². The van der Waals surface area contributed by atoms with Crippen LogP contribution in [0.2, 0.25) is 0 Å². The van der Waals surface area contributed by atoms with Crippen LogP contribution in [0.1, 0.15) is 0 Å². The van der Waals surface area contributed by atoms with Gasteiger partial charge in [0.25, 0.3) is 0 Å². The third-order valence-corrected chi connectivity index (χ3v) is 10.6. The summed E-state index contributed by atoms with van der Waals surface area (Å²) in [6, 6.07) is 75.6. The van der Waals surface area contributed by atoms with E-state index in [1.807, 2.05) is 0 Å². The second-order valence-electron chi connectivity index (χ2n) is 13.7. The molecule has 0 heteroatoms. The second kappa shape index (κ2) is 12.5. The fourth-order valence-electron chi connectivity index (χ4n) is 8.12. The third-order valence-electron chi connectivity index (χ3n) is 10.6. The third kappa shape index (κ3) is 5.16. The first-order valence-electron chi connectivity index (χ1n) is 18.0. The van der Waals surface area contributed by atoms with Gasteiger partial charge in [-0.3, -0.25) is 0 Å². The molecule has 0 saturated carbocycles. The van der Waals surface area contributed by atoms with Crippen LogP contribution in [0.25, 0.3) is 98.7 Å². The molecule has 0 saturated heterocycles. The number of fused-ring (bicyclic) bond motifs is 5. The molecule has 10 aromatic carbocycles. The number of hydrogen-bond donors (Lipinski definition) is 0. The van der Waals surface area contributed by atoms with Gasteiger partial charge in [-0.1, -0.05) is 176 Å². The van der Waals surface area contributed by atoms with Gasteiger partial charge in [-0.05, 0) is 129 Å². The largest absolute Gasteiger partial charge is 0.0622 e. The van der Waals surface area contributed by atoms with Crippen LogP contribution in [0.3, 0.4) is 0 Å². The predicted molar refractivity (Wildman–Crippen MR) is 224 cm³/mol. The lowest BCUT2D eigenvalue weighted by Crippen LogP contribution is -1.90. The van der Waals surface area contributed by atoms with Gasteiger partial charge in [-0.15, -0.1) is 0 Å². The van der Waals surface area contributed by atoms with E-state index in [0.29, 0.717) is 0 Å². The van der Waals surface area contributed by atoms with Crippen LogP contribution in [0.4, 0.5) is 0 Å². The maximum atomic E-state index is 2.41. The molecule has 0 aromatic heterocycles. The first-order chi connectivity index (χ1) is 25.8. The average molecular weight is 659 g/mol. The zero-order valence-electron chi connectivity index (χ0n) is 28.6. The topological polar surface area (TPSA) is 0 Å². The minimum absolute atomic E-state index is 1.22. The fourth-order valence-corrected chi connectivity index (χ4v) is 8.12. The van der Waals surface area contributed by atoms with Crippen LogP contribution in [0, 0.1) is 0 Å². The van der Waals surface area contributed by atoms with Gasteiger partial charge in [-0.2, -0.15) is 0 Å². The minimum atomic E-state index is 1.22. The Kier molecular flexibility index (Phi) is 7.25. The average Bonchev–Trinajstić information content (AvgIpc) is 3.23. The molecule has 0 spiro atoms. The van der Waals surface area contributed by atoms with Crippen molar-refractivity contribution in [3.05, 3.63) is 206 Å². The summed E-state index contributed by atoms with van der Waals surface area (Å²) in [6.45, 7) is 0. The van der Waals surface area contributed by atoms with Gasteiger partial charge < -0.3 is 0 Å². The number of rotatable bonds is 5. The molecule has 52 heavy (non-hydrogen) atoms. The zero-order chi connectivity index (χ0) is 34.4. The Labute approximate surface area is 303 Å². The van der Waals surface area contributed by atoms with Gasteiger partial charge in [0, 0.05) is 0 Å². The quantitative estimate of drug-likeness (QED) is 0.161. The fraction of sp³-hybridized carbons (Fsp3) is 0. The lowest BCUT2D eigenvalue weighted by Gasteiger charge is -2.17. The molecule has 0 amide bonds. The molecule has 0 aliphatic heterocycles. The van der Waals surface area contributed by atoms with Crippen LogP contribution in [-0.4, -0.2) is 0 Å². The number of benzene rings is 10. The molecule has 0 radical (unpaired) electrons. The summed E-state index contributed by atoms with van der Waals surface area (Å²) in [4.78, 5) is 0. The van der Waals surface area contributed by atoms with Crippen LogP contribution in [0.5, 0.6) is 0 Å². The highest BCUT2D eigenvalue weighted by Gasteiger charge is 2.16. The highest BCUT2D eigenvalue weighted by molar-refractivity contribution is 6.16. The lowest BCUT2D eigenvalue weighted by molar-refractivity contribution is 1.61. The van der Waals surface area contributed by atoms with Crippen LogP contribution in [-0.2, 0) is 0 Å². The highest BCUT2D eigenvalue weighted by Crippen LogP contribution is 2.43. The van der Waals surface area contributed by atoms with Crippen LogP contribution >= 0.6 is 0 Å². The van der Waals surface area contributed by atoms with Crippen LogP contribution < -0.4 is 0 Å². The summed E-state index contributed by atoms with van der Waals surface area (Å²) in [7, 11) is 0. The smallest absolute Gasteiger partial charge is 0.00928 e. The molecule has 0 atom stereocenters. The van der Waals surface area contributed by atoms with E-state index in [1.54, 1.807) is 0 Å². The van der Waals surface area contributed by atoms with E-state index in [4.69, 9.17) is 0 Å². The minimum Gasteiger partial charge on any atom is -0.0622 e. The SMILES string of the molecule is c1ccc(-c2cc3ccccc3cc2-c2ccc3c(c2)c(-c2ccccc2)cc2cc(-c4ccccc4-c4cccc5ccccc45)ccc23)cc1. The van der Waals surface area contributed by atoms with E-state index in [9.17, 15) is 0 Å². The molecule has 0 heterocycles. The van der Waals surface area contributed by atoms with Crippen molar-refractivity contribution in [2.24, 2.45) is 0 Å². The highest BCUT2D eigenvalue weighted by atomic mass is 14.2. The molecule has 10 rings (SSSR count). The lowest BCUT2D eigenvalue weighted by atomic mass is 9.86. The van der Waals surface area contributed by atoms with Gasteiger partial charge in [0.1, 0.15) is 0 Å². The maximum absolute atomic E-state index is 2.41. The summed E-state index contributed by atoms with van der Waals surface area (Å²) in [6.07, 6.45) is 0. The van der Waals surface area contributed by atoms with E-state index < -0.39 is 0 Å². The monoisotopic (exact) mass is 658 g/mol. The van der Waals surface area contributed by atoms with Crippen molar-refractivity contribution >= 4 is 43.1 Å². The molecule has 0 N–H and O–H groups in total. The zero-order valence-corrected chi connectivity index (χ0v) is 28.6. The first kappa shape index (κ1) is 30.1. The van der Waals surface area contributed by atoms with Crippen molar-refractivity contribution in [3.63, 3.8) is 0 Å². The van der Waals surface area contributed by atoms with Crippen molar-refractivity contribution in [2.75, 3.05) is 0 Å². The molecule has 0 aliphatic rings. The van der Waals surface area contributed by atoms with Gasteiger partial charge >= 0.3 is 0 Å². The normalized spacial score (nSPS) is 11.5. The molecule has 0 bridgehead atoms. The molecular weight excluding hydrogens is 625 g/mol. The van der Waals surface area contributed by atoms with E-state index in [2.05, 4.69) is 206 Å². The van der Waals surface area contributed by atoms with Gasteiger partial charge in [-0.25, -0.2) is 0 Å². The Balaban J connectivity index is 1.19. The van der Waals surface area contributed by atoms with E-state index in [-0.39, 0.29) is 0 Å². The summed E-state index contributed by atoms with van der Waals surface area (Å²) in [5.41, 5.74) is 12.3. The Bertz CT molecular complexity index is 2930. The van der Waals surface area contributed by atoms with E-state index >= 15 is 0 Å². The van der Waals surface area contributed by atoms with Crippen molar-refractivity contribution in [2.45, 2.75) is 0 Å². The molecule has 0 nitrogen and oxygen atoms in total. The Morgan fingerprint density at radius 3 is 1.40 bits per heavy atom. The first-order valence-corrected chi connectivity index (χ1v) is 18.0. The van der Waals surface area contributed by atoms with Crippen molar-refractivity contribution < 1.29 is 0 Å². The molecule has 0 unspecified atom stereocenters. The molecule has 242 valence electrons. The van der Waals surface area contributed by atoms with Gasteiger partial charge in [0.05, 0.1) is 0 Å². The molecular formula is C52H34. The predicted octanol–water partition coefficient (Wildman–Crippen LogP) is 14.6. The summed E-state index contributed by atoms with van der Waals surface area (Å²) >= 11 is 0. The standard InChI is InChI=1S/C52H34/c1-3-14-36(15-4-1)49-31-38-19-7-8-20-39(38)32-51(49)41-27-29-48-45-28-26-40(30-42(45)34-50(52(48)33-41)37-16-5-2-6-17-37)44-23-11-12-24-46(44)47-25-13-21-35-18-9-10-22-43(35)47/h1-34H. The maximum Gasteiger partial charge on any atom is -0.00928 e. The van der Waals surface area contributed by atoms with E-state index in [1.165, 1.54) is 98.7 Å². The summed E-state index contributed by atoms with van der Waals surface area (Å²) < 4.78 is 0. The van der Waals surface area contributed by atoms with Crippen molar-refractivity contribution in [1.29, 1.82) is 0 Å². The Morgan fingerprint density at radius 2 is 0.673 bits per heavy atom. The molecule has 10 aromatic rings. The molecule has 0 aliphatic carbocycles. The van der Waals surface area contributed by atoms with Crippen molar-refractivity contribution in [3.8, 4) is 55.6 Å². The number of hydrogen-bond acceptors (Lipinski definition) is 0. The summed E-state index contributed by atoms with van der Waals surface area (Å²) in [5.74, 6) is 0. The van der Waals surface area contributed by atoms with E-state index in [0.717, 1.165) is 0 Å². The molecule has 0 fully saturated rings. The second-order valence-corrected chi connectivity index (χ2v) is 13.7. The van der Waals surface area contributed by atoms with Crippen molar-refractivity contribution in [1.82, 2.24) is 0 Å². The Morgan fingerprint density at radius 1 is 0.173 bits per heavy atom. The Hall–Kier alpha value is -6.76.